The van der Waals surface area contributed by atoms with Gasteiger partial charge in [-0.25, -0.2) is 4.39 Å². The fraction of sp³-hybridized carbons (Fsp3) is 0.200. The molecule has 2 N–H and O–H groups in total. The van der Waals surface area contributed by atoms with Gasteiger partial charge in [0.15, 0.2) is 0 Å². The topological polar surface area (TPSA) is 35.2 Å². The smallest absolute Gasteiger partial charge is 0.130 e. The second-order valence-corrected chi connectivity index (χ2v) is 4.40. The number of hydrogen-bond donors (Lipinski definition) is 1. The Hall–Kier alpha value is -1.87. The van der Waals surface area contributed by atoms with Gasteiger partial charge < -0.3 is 10.5 Å². The van der Waals surface area contributed by atoms with E-state index in [0.29, 0.717) is 13.2 Å². The van der Waals surface area contributed by atoms with Gasteiger partial charge in [-0.05, 0) is 28.8 Å². The third-order valence-electron chi connectivity index (χ3n) is 3.29. The summed E-state index contributed by atoms with van der Waals surface area (Å²) in [6.07, 6.45) is 0.933. The maximum absolute atomic E-state index is 13.2. The fourth-order valence-electron chi connectivity index (χ4n) is 2.42. The molecule has 2 aromatic rings. The van der Waals surface area contributed by atoms with E-state index in [1.165, 1.54) is 17.7 Å². The molecule has 92 valence electrons. The minimum absolute atomic E-state index is 0.257. The Kier molecular flexibility index (Phi) is 2.76. The van der Waals surface area contributed by atoms with Crippen LogP contribution in [-0.2, 0) is 13.0 Å². The molecule has 2 nitrogen and oxygen atoms in total. The van der Waals surface area contributed by atoms with E-state index in [1.54, 1.807) is 6.07 Å². The molecule has 3 heteroatoms. The van der Waals surface area contributed by atoms with Crippen LogP contribution in [0.15, 0.2) is 36.4 Å². The number of fused-ring (bicyclic) bond motifs is 1. The molecule has 1 heterocycles. The highest BCUT2D eigenvalue weighted by Crippen LogP contribution is 2.38. The predicted octanol–water partition coefficient (Wildman–Crippen LogP) is 2.89. The molecule has 0 atom stereocenters. The lowest BCUT2D eigenvalue weighted by atomic mass is 9.96. The molecule has 0 aliphatic carbocycles. The summed E-state index contributed by atoms with van der Waals surface area (Å²) in [5, 5.41) is 0. The normalized spacial score (nSPS) is 13.2. The van der Waals surface area contributed by atoms with Gasteiger partial charge in [-0.3, -0.25) is 0 Å². The highest BCUT2D eigenvalue weighted by molar-refractivity contribution is 5.75. The Morgan fingerprint density at radius 3 is 2.89 bits per heavy atom. The Morgan fingerprint density at radius 1 is 1.17 bits per heavy atom. The van der Waals surface area contributed by atoms with E-state index in [4.69, 9.17) is 10.5 Å². The van der Waals surface area contributed by atoms with E-state index in [1.807, 2.05) is 12.1 Å². The van der Waals surface area contributed by atoms with Crippen LogP contribution in [0.5, 0.6) is 5.75 Å². The van der Waals surface area contributed by atoms with Crippen LogP contribution in [-0.4, -0.2) is 6.61 Å². The lowest BCUT2D eigenvalue weighted by Crippen LogP contribution is -2.00. The van der Waals surface area contributed by atoms with Gasteiger partial charge in [0, 0.05) is 18.5 Å². The van der Waals surface area contributed by atoms with Gasteiger partial charge in [0.05, 0.1) is 6.61 Å². The van der Waals surface area contributed by atoms with Crippen LogP contribution in [0, 0.1) is 5.82 Å². The molecule has 0 amide bonds. The molecular weight excluding hydrogens is 229 g/mol. The number of para-hydroxylation sites is 1. The second-order valence-electron chi connectivity index (χ2n) is 4.40. The van der Waals surface area contributed by atoms with Crippen molar-refractivity contribution in [3.8, 4) is 16.9 Å². The molecule has 0 radical (unpaired) electrons. The Balaban J connectivity index is 2.19. The van der Waals surface area contributed by atoms with Crippen LogP contribution in [0.4, 0.5) is 4.39 Å². The molecule has 18 heavy (non-hydrogen) atoms. The van der Waals surface area contributed by atoms with Crippen LogP contribution in [0.1, 0.15) is 11.1 Å². The van der Waals surface area contributed by atoms with Gasteiger partial charge in [-0.15, -0.1) is 0 Å². The van der Waals surface area contributed by atoms with E-state index < -0.39 is 0 Å². The monoisotopic (exact) mass is 243 g/mol. The fourth-order valence-corrected chi connectivity index (χ4v) is 2.42. The molecule has 0 fully saturated rings. The summed E-state index contributed by atoms with van der Waals surface area (Å²) < 4.78 is 18.9. The average Bonchev–Trinajstić information content (AvgIpc) is 2.86. The SMILES string of the molecule is NCc1cc(F)ccc1-c1cccc2c1OCC2. The van der Waals surface area contributed by atoms with Gasteiger partial charge in [0.2, 0.25) is 0 Å². The number of ether oxygens (including phenoxy) is 1. The third-order valence-corrected chi connectivity index (χ3v) is 3.29. The second kappa shape index (κ2) is 4.42. The molecule has 0 bridgehead atoms. The minimum atomic E-state index is -0.257. The van der Waals surface area contributed by atoms with Crippen molar-refractivity contribution in [2.45, 2.75) is 13.0 Å². The number of halogens is 1. The molecule has 1 aliphatic rings. The lowest BCUT2D eigenvalue weighted by Gasteiger charge is -2.12. The first kappa shape index (κ1) is 11.2. The van der Waals surface area contributed by atoms with Crippen molar-refractivity contribution in [3.05, 3.63) is 53.3 Å². The zero-order chi connectivity index (χ0) is 12.5. The molecule has 0 saturated heterocycles. The van der Waals surface area contributed by atoms with E-state index in [0.717, 1.165) is 28.9 Å². The van der Waals surface area contributed by atoms with Crippen molar-refractivity contribution >= 4 is 0 Å². The average molecular weight is 243 g/mol. The van der Waals surface area contributed by atoms with Crippen LogP contribution in [0.2, 0.25) is 0 Å². The number of benzene rings is 2. The number of nitrogens with two attached hydrogens (primary N) is 1. The summed E-state index contributed by atoms with van der Waals surface area (Å²) in [6, 6.07) is 10.8. The van der Waals surface area contributed by atoms with Crippen LogP contribution < -0.4 is 10.5 Å². The maximum atomic E-state index is 13.2. The Labute approximate surface area is 105 Å². The lowest BCUT2D eigenvalue weighted by molar-refractivity contribution is 0.358. The van der Waals surface area contributed by atoms with Gasteiger partial charge in [-0.2, -0.15) is 0 Å². The van der Waals surface area contributed by atoms with Crippen molar-refractivity contribution in [2.75, 3.05) is 6.61 Å². The molecule has 3 rings (SSSR count). The summed E-state index contributed by atoms with van der Waals surface area (Å²) >= 11 is 0. The van der Waals surface area contributed by atoms with Crippen molar-refractivity contribution in [3.63, 3.8) is 0 Å². The molecule has 0 spiro atoms. The molecule has 0 saturated carbocycles. The molecule has 1 aliphatic heterocycles. The standard InChI is InChI=1S/C15H14FNO/c16-12-4-5-13(11(8-12)9-17)14-3-1-2-10-6-7-18-15(10)14/h1-5,8H,6-7,9,17H2. The van der Waals surface area contributed by atoms with Gasteiger partial charge in [0.1, 0.15) is 11.6 Å². The summed E-state index contributed by atoms with van der Waals surface area (Å²) in [5.74, 6) is 0.659. The molecule has 0 unspecified atom stereocenters. The minimum Gasteiger partial charge on any atom is -0.492 e. The Morgan fingerprint density at radius 2 is 2.06 bits per heavy atom. The van der Waals surface area contributed by atoms with E-state index >= 15 is 0 Å². The van der Waals surface area contributed by atoms with Crippen LogP contribution >= 0.6 is 0 Å². The first-order chi connectivity index (χ1) is 8.79. The summed E-state index contributed by atoms with van der Waals surface area (Å²) in [7, 11) is 0. The van der Waals surface area contributed by atoms with Gasteiger partial charge in [0.25, 0.3) is 0 Å². The van der Waals surface area contributed by atoms with Gasteiger partial charge in [-0.1, -0.05) is 24.3 Å². The van der Waals surface area contributed by atoms with Crippen molar-refractivity contribution in [1.29, 1.82) is 0 Å². The first-order valence-electron chi connectivity index (χ1n) is 6.03. The van der Waals surface area contributed by atoms with Gasteiger partial charge >= 0.3 is 0 Å². The number of hydrogen-bond acceptors (Lipinski definition) is 2. The van der Waals surface area contributed by atoms with Crippen LogP contribution in [0.25, 0.3) is 11.1 Å². The zero-order valence-electron chi connectivity index (χ0n) is 9.95. The predicted molar refractivity (Wildman–Crippen MR) is 68.9 cm³/mol. The quantitative estimate of drug-likeness (QED) is 0.880. The summed E-state index contributed by atoms with van der Waals surface area (Å²) in [4.78, 5) is 0. The summed E-state index contributed by atoms with van der Waals surface area (Å²) in [6.45, 7) is 1.03. The van der Waals surface area contributed by atoms with Crippen LogP contribution in [0.3, 0.4) is 0 Å². The highest BCUT2D eigenvalue weighted by atomic mass is 19.1. The zero-order valence-corrected chi connectivity index (χ0v) is 9.95. The van der Waals surface area contributed by atoms with Crippen molar-refractivity contribution in [2.24, 2.45) is 5.73 Å². The molecular formula is C15H14FNO. The van der Waals surface area contributed by atoms with Crippen molar-refractivity contribution in [1.82, 2.24) is 0 Å². The van der Waals surface area contributed by atoms with Crippen molar-refractivity contribution < 1.29 is 9.13 Å². The third kappa shape index (κ3) is 1.77. The van der Waals surface area contributed by atoms with E-state index in [-0.39, 0.29) is 5.82 Å². The number of rotatable bonds is 2. The first-order valence-corrected chi connectivity index (χ1v) is 6.03. The van der Waals surface area contributed by atoms with E-state index in [2.05, 4.69) is 6.07 Å². The van der Waals surface area contributed by atoms with E-state index in [9.17, 15) is 4.39 Å². The molecule has 0 aromatic heterocycles. The Bertz CT molecular complexity index is 595. The summed E-state index contributed by atoms with van der Waals surface area (Å²) in [5.41, 5.74) is 9.67. The largest absolute Gasteiger partial charge is 0.492 e. The highest BCUT2D eigenvalue weighted by Gasteiger charge is 2.18. The maximum Gasteiger partial charge on any atom is 0.130 e. The molecule has 2 aromatic carbocycles.